The fourth-order valence-corrected chi connectivity index (χ4v) is 2.85. The molecule has 1 rings (SSSR count). The van der Waals surface area contributed by atoms with Crippen LogP contribution in [0.3, 0.4) is 0 Å². The van der Waals surface area contributed by atoms with Crippen LogP contribution in [0.25, 0.3) is 0 Å². The molecule has 1 saturated heterocycles. The number of β-amino-alcohol motifs (C(OH)–C–C–N with tert-alkyl or cyclic N) is 1. The molecular weight excluding hydrogens is 248 g/mol. The van der Waals surface area contributed by atoms with Crippen molar-refractivity contribution in [3.05, 3.63) is 0 Å². The first kappa shape index (κ1) is 15.8. The fraction of sp³-hybridized carbons (Fsp3) is 0.923. The number of nitrogens with zero attached hydrogens (tertiary/aromatic N) is 2. The third-order valence-electron chi connectivity index (χ3n) is 3.13. The number of aliphatic hydroxyl groups excluding tert-OH is 1. The number of hydrogen-bond acceptors (Lipinski definition) is 4. The lowest BCUT2D eigenvalue weighted by molar-refractivity contribution is -0.133. The van der Waals surface area contributed by atoms with Crippen LogP contribution in [0.4, 0.5) is 0 Å². The quantitative estimate of drug-likeness (QED) is 0.705. The van der Waals surface area contributed by atoms with Crippen LogP contribution in [0.1, 0.15) is 26.7 Å². The standard InChI is InChI=1S/C13H26N2O2S/c1-12(2)18-11-3-4-13(17)15-7-5-14(6-8-15)9-10-16/h12,16H,3-11H2,1-2H3. The van der Waals surface area contributed by atoms with E-state index >= 15 is 0 Å². The van der Waals surface area contributed by atoms with E-state index < -0.39 is 0 Å². The number of carbonyl (C=O) groups excluding carboxylic acids is 1. The van der Waals surface area contributed by atoms with Gasteiger partial charge in [0.1, 0.15) is 0 Å². The number of aliphatic hydroxyl groups is 1. The molecule has 0 saturated carbocycles. The molecule has 1 heterocycles. The highest BCUT2D eigenvalue weighted by Gasteiger charge is 2.19. The number of rotatable bonds is 7. The maximum Gasteiger partial charge on any atom is 0.222 e. The first-order chi connectivity index (χ1) is 8.63. The summed E-state index contributed by atoms with van der Waals surface area (Å²) >= 11 is 1.92. The highest BCUT2D eigenvalue weighted by molar-refractivity contribution is 7.99. The van der Waals surface area contributed by atoms with Crippen molar-refractivity contribution in [2.75, 3.05) is 45.1 Å². The van der Waals surface area contributed by atoms with Gasteiger partial charge in [0.25, 0.3) is 0 Å². The van der Waals surface area contributed by atoms with Crippen molar-refractivity contribution >= 4 is 17.7 Å². The summed E-state index contributed by atoms with van der Waals surface area (Å²) in [7, 11) is 0. The summed E-state index contributed by atoms with van der Waals surface area (Å²) < 4.78 is 0. The summed E-state index contributed by atoms with van der Waals surface area (Å²) in [5.41, 5.74) is 0. The SMILES string of the molecule is CC(C)SCCCC(=O)N1CCN(CCO)CC1. The van der Waals surface area contributed by atoms with Gasteiger partial charge >= 0.3 is 0 Å². The minimum Gasteiger partial charge on any atom is -0.395 e. The molecule has 0 bridgehead atoms. The van der Waals surface area contributed by atoms with Crippen LogP contribution in [0.2, 0.25) is 0 Å². The average molecular weight is 274 g/mol. The van der Waals surface area contributed by atoms with E-state index in [9.17, 15) is 4.79 Å². The van der Waals surface area contributed by atoms with E-state index in [0.29, 0.717) is 17.6 Å². The maximum atomic E-state index is 12.0. The molecule has 18 heavy (non-hydrogen) atoms. The third kappa shape index (κ3) is 6.07. The van der Waals surface area contributed by atoms with E-state index in [2.05, 4.69) is 18.7 Å². The van der Waals surface area contributed by atoms with Gasteiger partial charge in [-0.05, 0) is 17.4 Å². The lowest BCUT2D eigenvalue weighted by Gasteiger charge is -2.34. The Labute approximate surface area is 115 Å². The van der Waals surface area contributed by atoms with Gasteiger partial charge in [0.2, 0.25) is 5.91 Å². The Morgan fingerprint density at radius 3 is 2.50 bits per heavy atom. The van der Waals surface area contributed by atoms with Crippen molar-refractivity contribution in [3.8, 4) is 0 Å². The summed E-state index contributed by atoms with van der Waals surface area (Å²) in [5, 5.41) is 9.51. The Balaban J connectivity index is 2.12. The maximum absolute atomic E-state index is 12.0. The van der Waals surface area contributed by atoms with E-state index in [-0.39, 0.29) is 6.61 Å². The van der Waals surface area contributed by atoms with Crippen LogP contribution in [0.5, 0.6) is 0 Å². The predicted octanol–water partition coefficient (Wildman–Crippen LogP) is 1.04. The summed E-state index contributed by atoms with van der Waals surface area (Å²) in [6.07, 6.45) is 1.66. The minimum absolute atomic E-state index is 0.209. The number of hydrogen-bond donors (Lipinski definition) is 1. The van der Waals surface area contributed by atoms with E-state index in [1.165, 1.54) is 0 Å². The van der Waals surface area contributed by atoms with Crippen molar-refractivity contribution < 1.29 is 9.90 Å². The first-order valence-corrected chi connectivity index (χ1v) is 7.91. The van der Waals surface area contributed by atoms with Gasteiger partial charge in [-0.3, -0.25) is 9.69 Å². The highest BCUT2D eigenvalue weighted by Crippen LogP contribution is 2.12. The van der Waals surface area contributed by atoms with Gasteiger partial charge in [0.05, 0.1) is 6.61 Å². The Bertz CT molecular complexity index is 241. The second-order valence-corrected chi connectivity index (χ2v) is 6.65. The van der Waals surface area contributed by atoms with Crippen LogP contribution < -0.4 is 0 Å². The molecule has 106 valence electrons. The molecule has 0 aromatic heterocycles. The molecule has 0 radical (unpaired) electrons. The molecule has 0 aromatic carbocycles. The van der Waals surface area contributed by atoms with E-state index in [1.54, 1.807) is 0 Å². The Morgan fingerprint density at radius 2 is 1.94 bits per heavy atom. The van der Waals surface area contributed by atoms with E-state index in [0.717, 1.165) is 44.9 Å². The van der Waals surface area contributed by atoms with Crippen molar-refractivity contribution in [1.82, 2.24) is 9.80 Å². The predicted molar refractivity (Wildman–Crippen MR) is 76.9 cm³/mol. The molecule has 1 fully saturated rings. The van der Waals surface area contributed by atoms with Crippen LogP contribution in [-0.2, 0) is 4.79 Å². The van der Waals surface area contributed by atoms with Crippen molar-refractivity contribution in [3.63, 3.8) is 0 Å². The van der Waals surface area contributed by atoms with Crippen LogP contribution >= 0.6 is 11.8 Å². The molecule has 0 unspecified atom stereocenters. The first-order valence-electron chi connectivity index (χ1n) is 6.86. The number of thioether (sulfide) groups is 1. The molecule has 1 aliphatic heterocycles. The topological polar surface area (TPSA) is 43.8 Å². The summed E-state index contributed by atoms with van der Waals surface area (Å²) in [6, 6.07) is 0. The number of amides is 1. The molecule has 4 nitrogen and oxygen atoms in total. The molecule has 0 aliphatic carbocycles. The van der Waals surface area contributed by atoms with Gasteiger partial charge in [0.15, 0.2) is 0 Å². The second kappa shape index (κ2) is 8.77. The molecule has 1 amide bonds. The van der Waals surface area contributed by atoms with E-state index in [4.69, 9.17) is 5.11 Å². The Morgan fingerprint density at radius 1 is 1.28 bits per heavy atom. The zero-order valence-corrected chi connectivity index (χ0v) is 12.4. The molecule has 0 atom stereocenters. The van der Waals surface area contributed by atoms with Crippen LogP contribution in [-0.4, -0.2) is 71.1 Å². The zero-order chi connectivity index (χ0) is 13.4. The summed E-state index contributed by atoms with van der Waals surface area (Å²) in [4.78, 5) is 16.1. The fourth-order valence-electron chi connectivity index (χ4n) is 2.06. The van der Waals surface area contributed by atoms with Gasteiger partial charge in [-0.15, -0.1) is 0 Å². The second-order valence-electron chi connectivity index (χ2n) is 4.97. The van der Waals surface area contributed by atoms with Gasteiger partial charge in [0, 0.05) is 39.1 Å². The summed E-state index contributed by atoms with van der Waals surface area (Å²) in [6.45, 7) is 8.74. The van der Waals surface area contributed by atoms with Crippen molar-refractivity contribution in [2.45, 2.75) is 31.9 Å². The van der Waals surface area contributed by atoms with Crippen LogP contribution in [0, 0.1) is 0 Å². The molecule has 1 N–H and O–H groups in total. The lowest BCUT2D eigenvalue weighted by Crippen LogP contribution is -2.49. The monoisotopic (exact) mass is 274 g/mol. The molecule has 5 heteroatoms. The summed E-state index contributed by atoms with van der Waals surface area (Å²) in [5.74, 6) is 1.37. The number of carbonyl (C=O) groups is 1. The Kier molecular flexibility index (Phi) is 7.70. The molecular formula is C13H26N2O2S. The highest BCUT2D eigenvalue weighted by atomic mass is 32.2. The Hall–Kier alpha value is -0.260. The van der Waals surface area contributed by atoms with E-state index in [1.807, 2.05) is 16.7 Å². The third-order valence-corrected chi connectivity index (χ3v) is 4.32. The van der Waals surface area contributed by atoms with Gasteiger partial charge in [-0.2, -0.15) is 11.8 Å². The minimum atomic E-state index is 0.209. The van der Waals surface area contributed by atoms with Gasteiger partial charge in [-0.25, -0.2) is 0 Å². The normalized spacial score (nSPS) is 17.4. The van der Waals surface area contributed by atoms with Gasteiger partial charge < -0.3 is 10.0 Å². The van der Waals surface area contributed by atoms with Crippen LogP contribution in [0.15, 0.2) is 0 Å². The van der Waals surface area contributed by atoms with Crippen molar-refractivity contribution in [2.24, 2.45) is 0 Å². The van der Waals surface area contributed by atoms with Gasteiger partial charge in [-0.1, -0.05) is 13.8 Å². The molecule has 1 aliphatic rings. The lowest BCUT2D eigenvalue weighted by atomic mass is 10.2. The molecule has 0 spiro atoms. The largest absolute Gasteiger partial charge is 0.395 e. The molecule has 0 aromatic rings. The average Bonchev–Trinajstić information content (AvgIpc) is 2.35. The van der Waals surface area contributed by atoms with Crippen molar-refractivity contribution in [1.29, 1.82) is 0 Å². The smallest absolute Gasteiger partial charge is 0.222 e. The number of piperazine rings is 1. The zero-order valence-electron chi connectivity index (χ0n) is 11.6.